The predicted molar refractivity (Wildman–Crippen MR) is 62.0 cm³/mol. The quantitative estimate of drug-likeness (QED) is 0.517. The molecule has 0 amide bonds. The van der Waals surface area contributed by atoms with E-state index in [1.54, 1.807) is 12.2 Å². The lowest BCUT2D eigenvalue weighted by Crippen LogP contribution is -2.01. The molecule has 0 bridgehead atoms. The van der Waals surface area contributed by atoms with E-state index in [9.17, 15) is 5.11 Å². The first-order valence-corrected chi connectivity index (χ1v) is 4.45. The molecule has 0 aliphatic carbocycles. The lowest BCUT2D eigenvalue weighted by Gasteiger charge is -1.96. The minimum absolute atomic E-state index is 0.187. The van der Waals surface area contributed by atoms with Crippen LogP contribution >= 0.6 is 0 Å². The molecule has 0 aliphatic rings. The van der Waals surface area contributed by atoms with E-state index in [0.29, 0.717) is 0 Å². The average Bonchev–Trinajstić information content (AvgIpc) is 2.17. The molecule has 0 fully saturated rings. The Morgan fingerprint density at radius 1 is 1.29 bits per heavy atom. The molecule has 0 spiro atoms. The van der Waals surface area contributed by atoms with Gasteiger partial charge in [0.15, 0.2) is 0 Å². The molecular formula is C12H17NO. The molecule has 0 saturated carbocycles. The second-order valence-corrected chi connectivity index (χ2v) is 2.56. The van der Waals surface area contributed by atoms with Crippen molar-refractivity contribution in [3.8, 4) is 0 Å². The van der Waals surface area contributed by atoms with Crippen LogP contribution in [0.5, 0.6) is 0 Å². The van der Waals surface area contributed by atoms with Crippen molar-refractivity contribution in [2.24, 2.45) is 0 Å². The Morgan fingerprint density at radius 3 is 2.50 bits per heavy atom. The molecule has 0 aromatic carbocycles. The first kappa shape index (κ1) is 12.3. The van der Waals surface area contributed by atoms with Gasteiger partial charge in [0.1, 0.15) is 5.76 Å². The van der Waals surface area contributed by atoms with E-state index >= 15 is 0 Å². The molecule has 0 aliphatic heterocycles. The van der Waals surface area contributed by atoms with E-state index in [2.05, 4.69) is 11.9 Å². The zero-order valence-electron chi connectivity index (χ0n) is 8.70. The maximum Gasteiger partial charge on any atom is 0.115 e. The van der Waals surface area contributed by atoms with Gasteiger partial charge in [-0.15, -0.1) is 0 Å². The Bertz CT molecular complexity index is 283. The topological polar surface area (TPSA) is 32.3 Å². The summed E-state index contributed by atoms with van der Waals surface area (Å²) in [6, 6.07) is 0. The van der Waals surface area contributed by atoms with Gasteiger partial charge in [0.2, 0.25) is 0 Å². The van der Waals surface area contributed by atoms with E-state index < -0.39 is 0 Å². The molecule has 0 radical (unpaired) electrons. The standard InChI is InChI=1S/C12H17NO/c1-4-7-11(13-3)9-6-10-12(14)8-5-2/h4-10,13-14H,2H2,1,3H3/b7-4-,10-6-,11-9+,12-8+. The second kappa shape index (κ2) is 7.92. The van der Waals surface area contributed by atoms with Crippen molar-refractivity contribution < 1.29 is 5.11 Å². The van der Waals surface area contributed by atoms with Crippen molar-refractivity contribution in [1.29, 1.82) is 0 Å². The summed E-state index contributed by atoms with van der Waals surface area (Å²) >= 11 is 0. The van der Waals surface area contributed by atoms with Gasteiger partial charge in [0.05, 0.1) is 0 Å². The molecular weight excluding hydrogens is 174 g/mol. The van der Waals surface area contributed by atoms with Gasteiger partial charge in [-0.25, -0.2) is 0 Å². The molecule has 2 N–H and O–H groups in total. The molecule has 14 heavy (non-hydrogen) atoms. The van der Waals surface area contributed by atoms with E-state index in [1.807, 2.05) is 32.2 Å². The Morgan fingerprint density at radius 2 is 2.00 bits per heavy atom. The largest absolute Gasteiger partial charge is 0.508 e. The minimum Gasteiger partial charge on any atom is -0.508 e. The van der Waals surface area contributed by atoms with Gasteiger partial charge in [-0.2, -0.15) is 0 Å². The van der Waals surface area contributed by atoms with Crippen molar-refractivity contribution >= 4 is 0 Å². The zero-order valence-corrected chi connectivity index (χ0v) is 8.70. The summed E-state index contributed by atoms with van der Waals surface area (Å²) in [4.78, 5) is 0. The number of likely N-dealkylation sites (N-methyl/N-ethyl adjacent to an activating group) is 1. The lowest BCUT2D eigenvalue weighted by molar-refractivity contribution is 0.432. The maximum absolute atomic E-state index is 9.20. The summed E-state index contributed by atoms with van der Waals surface area (Å²) in [6.07, 6.45) is 12.2. The molecule has 0 saturated heterocycles. The van der Waals surface area contributed by atoms with E-state index in [-0.39, 0.29) is 5.76 Å². The molecule has 0 atom stereocenters. The van der Waals surface area contributed by atoms with Crippen molar-refractivity contribution in [2.45, 2.75) is 6.92 Å². The van der Waals surface area contributed by atoms with Crippen LogP contribution in [0.1, 0.15) is 6.92 Å². The smallest absolute Gasteiger partial charge is 0.115 e. The monoisotopic (exact) mass is 191 g/mol. The Balaban J connectivity index is 4.37. The summed E-state index contributed by atoms with van der Waals surface area (Å²) in [5.74, 6) is 0.187. The average molecular weight is 191 g/mol. The van der Waals surface area contributed by atoms with Crippen molar-refractivity contribution in [3.63, 3.8) is 0 Å². The zero-order chi connectivity index (χ0) is 10.8. The van der Waals surface area contributed by atoms with E-state index in [1.165, 1.54) is 12.2 Å². The van der Waals surface area contributed by atoms with Gasteiger partial charge < -0.3 is 10.4 Å². The Hall–Kier alpha value is -1.70. The maximum atomic E-state index is 9.20. The summed E-state index contributed by atoms with van der Waals surface area (Å²) < 4.78 is 0. The highest BCUT2D eigenvalue weighted by atomic mass is 16.3. The molecule has 0 aromatic heterocycles. The van der Waals surface area contributed by atoms with Gasteiger partial charge >= 0.3 is 0 Å². The van der Waals surface area contributed by atoms with Gasteiger partial charge in [0.25, 0.3) is 0 Å². The fourth-order valence-electron chi connectivity index (χ4n) is 0.828. The molecule has 0 unspecified atom stereocenters. The number of nitrogens with one attached hydrogen (secondary N) is 1. The molecule has 0 aromatic rings. The van der Waals surface area contributed by atoms with Gasteiger partial charge in [0, 0.05) is 12.7 Å². The van der Waals surface area contributed by atoms with Crippen LogP contribution in [0.25, 0.3) is 0 Å². The summed E-state index contributed by atoms with van der Waals surface area (Å²) in [5, 5.41) is 12.2. The summed E-state index contributed by atoms with van der Waals surface area (Å²) in [7, 11) is 1.85. The van der Waals surface area contributed by atoms with Crippen LogP contribution in [0.4, 0.5) is 0 Å². The fraction of sp³-hybridized carbons (Fsp3) is 0.167. The first-order chi connectivity index (χ1) is 6.74. The minimum atomic E-state index is 0.187. The van der Waals surface area contributed by atoms with Crippen LogP contribution in [0.15, 0.2) is 60.6 Å². The Labute approximate surface area is 85.6 Å². The van der Waals surface area contributed by atoms with Crippen LogP contribution in [0.2, 0.25) is 0 Å². The lowest BCUT2D eigenvalue weighted by atomic mass is 10.3. The third kappa shape index (κ3) is 5.89. The number of aliphatic hydroxyl groups is 1. The van der Waals surface area contributed by atoms with Gasteiger partial charge in [-0.1, -0.05) is 24.8 Å². The number of allylic oxidation sites excluding steroid dienone is 7. The number of hydrogen-bond acceptors (Lipinski definition) is 2. The molecule has 2 heteroatoms. The summed E-state index contributed by atoms with van der Waals surface area (Å²) in [6.45, 7) is 5.43. The summed E-state index contributed by atoms with van der Waals surface area (Å²) in [5.41, 5.74) is 0.982. The van der Waals surface area contributed by atoms with Crippen molar-refractivity contribution in [3.05, 3.63) is 60.6 Å². The van der Waals surface area contributed by atoms with Crippen LogP contribution in [-0.2, 0) is 0 Å². The van der Waals surface area contributed by atoms with Crippen LogP contribution in [-0.4, -0.2) is 12.2 Å². The molecule has 0 heterocycles. The highest BCUT2D eigenvalue weighted by Gasteiger charge is 1.83. The first-order valence-electron chi connectivity index (χ1n) is 4.45. The van der Waals surface area contributed by atoms with Crippen LogP contribution in [0.3, 0.4) is 0 Å². The Kier molecular flexibility index (Phi) is 6.96. The van der Waals surface area contributed by atoms with Crippen LogP contribution < -0.4 is 5.32 Å². The SMILES string of the molecule is C=C\C=C(O)/C=C\C=C(/C=C\C)NC. The highest BCUT2D eigenvalue weighted by molar-refractivity contribution is 5.25. The number of hydrogen-bond donors (Lipinski definition) is 2. The second-order valence-electron chi connectivity index (χ2n) is 2.56. The number of rotatable bonds is 5. The third-order valence-electron chi connectivity index (χ3n) is 1.47. The van der Waals surface area contributed by atoms with E-state index in [4.69, 9.17) is 0 Å². The molecule has 76 valence electrons. The van der Waals surface area contributed by atoms with E-state index in [0.717, 1.165) is 5.70 Å². The molecule has 2 nitrogen and oxygen atoms in total. The van der Waals surface area contributed by atoms with Gasteiger partial charge in [-0.3, -0.25) is 0 Å². The normalized spacial score (nSPS) is 13.9. The van der Waals surface area contributed by atoms with Crippen molar-refractivity contribution in [2.75, 3.05) is 7.05 Å². The molecule has 0 rings (SSSR count). The fourth-order valence-corrected chi connectivity index (χ4v) is 0.828. The van der Waals surface area contributed by atoms with Crippen molar-refractivity contribution in [1.82, 2.24) is 5.32 Å². The number of aliphatic hydroxyl groups excluding tert-OH is 1. The highest BCUT2D eigenvalue weighted by Crippen LogP contribution is 1.95. The third-order valence-corrected chi connectivity index (χ3v) is 1.47. The van der Waals surface area contributed by atoms with Crippen LogP contribution in [0, 0.1) is 0 Å². The predicted octanol–water partition coefficient (Wildman–Crippen LogP) is 2.85. The van der Waals surface area contributed by atoms with Gasteiger partial charge in [-0.05, 0) is 31.2 Å².